The van der Waals surface area contributed by atoms with Crippen LogP contribution in [0.5, 0.6) is 0 Å². The Balaban J connectivity index is 2.22. The molecule has 0 radical (unpaired) electrons. The van der Waals surface area contributed by atoms with Gasteiger partial charge in [-0.15, -0.1) is 0 Å². The van der Waals surface area contributed by atoms with Gasteiger partial charge in [-0.25, -0.2) is 9.18 Å². The van der Waals surface area contributed by atoms with Crippen molar-refractivity contribution in [2.45, 2.75) is 0 Å². The summed E-state index contributed by atoms with van der Waals surface area (Å²) in [6, 6.07) is 9.60. The first kappa shape index (κ1) is 15.0. The number of nitrogens with zero attached hydrogens (tertiary/aromatic N) is 2. The summed E-state index contributed by atoms with van der Waals surface area (Å²) in [4.78, 5) is 20.1. The van der Waals surface area contributed by atoms with E-state index in [-0.39, 0.29) is 5.82 Å². The van der Waals surface area contributed by atoms with Gasteiger partial charge in [-0.05, 0) is 36.4 Å². The van der Waals surface area contributed by atoms with Crippen LogP contribution in [0, 0.1) is 5.82 Å². The Labute approximate surface area is 138 Å². The lowest BCUT2D eigenvalue weighted by molar-refractivity contribution is 0.627. The van der Waals surface area contributed by atoms with E-state index in [9.17, 15) is 9.18 Å². The molecule has 112 valence electrons. The van der Waals surface area contributed by atoms with Gasteiger partial charge >= 0.3 is 5.69 Å². The van der Waals surface area contributed by atoms with Crippen LogP contribution in [-0.4, -0.2) is 17.0 Å². The van der Waals surface area contributed by atoms with Gasteiger partial charge in [-0.1, -0.05) is 27.5 Å². The summed E-state index contributed by atoms with van der Waals surface area (Å²) < 4.78 is 14.2. The summed E-state index contributed by atoms with van der Waals surface area (Å²) in [6.07, 6.45) is 0. The van der Waals surface area contributed by atoms with E-state index in [0.717, 1.165) is 0 Å². The molecule has 0 saturated carbocycles. The lowest BCUT2D eigenvalue weighted by Crippen LogP contribution is -2.19. The molecule has 0 aliphatic heterocycles. The molecular weight excluding hydrogens is 373 g/mol. The molecule has 1 aromatic heterocycles. The average molecular weight is 383 g/mol. The number of aromatic amines is 1. The van der Waals surface area contributed by atoms with Crippen molar-refractivity contribution >= 4 is 49.9 Å². The fourth-order valence-corrected chi connectivity index (χ4v) is 2.85. The minimum Gasteiger partial charge on any atom is -0.329 e. The van der Waals surface area contributed by atoms with Crippen molar-refractivity contribution in [1.82, 2.24) is 9.97 Å². The van der Waals surface area contributed by atoms with E-state index < -0.39 is 5.69 Å². The van der Waals surface area contributed by atoms with Crippen LogP contribution in [0.4, 0.5) is 15.9 Å². The zero-order valence-electron chi connectivity index (χ0n) is 11.4. The van der Waals surface area contributed by atoms with Crippen molar-refractivity contribution in [3.8, 4) is 0 Å². The molecule has 0 fully saturated rings. The van der Waals surface area contributed by atoms with Crippen molar-refractivity contribution in [1.29, 1.82) is 0 Å². The van der Waals surface area contributed by atoms with Gasteiger partial charge in [0.2, 0.25) is 0 Å². The lowest BCUT2D eigenvalue weighted by atomic mass is 10.2. The van der Waals surface area contributed by atoms with E-state index in [1.165, 1.54) is 12.1 Å². The summed E-state index contributed by atoms with van der Waals surface area (Å²) in [7, 11) is 1.72. The number of anilines is 2. The molecule has 0 spiro atoms. The summed E-state index contributed by atoms with van der Waals surface area (Å²) in [5.74, 6) is 0.0429. The van der Waals surface area contributed by atoms with Crippen molar-refractivity contribution in [2.24, 2.45) is 0 Å². The molecule has 0 saturated heterocycles. The molecule has 0 bridgehead atoms. The molecule has 22 heavy (non-hydrogen) atoms. The minimum absolute atomic E-state index is 0.381. The molecule has 0 amide bonds. The Morgan fingerprint density at radius 2 is 2.05 bits per heavy atom. The van der Waals surface area contributed by atoms with Crippen LogP contribution in [0.1, 0.15) is 0 Å². The molecule has 0 atom stereocenters. The van der Waals surface area contributed by atoms with Gasteiger partial charge in [0.25, 0.3) is 0 Å². The van der Waals surface area contributed by atoms with Gasteiger partial charge in [-0.3, -0.25) is 0 Å². The topological polar surface area (TPSA) is 49.0 Å². The highest BCUT2D eigenvalue weighted by atomic mass is 79.9. The van der Waals surface area contributed by atoms with Crippen LogP contribution in [0.25, 0.3) is 10.9 Å². The number of H-pyrrole nitrogens is 1. The zero-order valence-corrected chi connectivity index (χ0v) is 13.7. The maximum absolute atomic E-state index is 13.6. The number of benzene rings is 2. The first-order valence-corrected chi connectivity index (χ1v) is 7.50. The highest BCUT2D eigenvalue weighted by Gasteiger charge is 2.13. The van der Waals surface area contributed by atoms with Gasteiger partial charge in [0.1, 0.15) is 11.6 Å². The van der Waals surface area contributed by atoms with Crippen molar-refractivity contribution < 1.29 is 4.39 Å². The molecule has 3 rings (SSSR count). The number of halogens is 3. The molecule has 1 heterocycles. The van der Waals surface area contributed by atoms with Crippen molar-refractivity contribution in [3.05, 3.63) is 62.2 Å². The average Bonchev–Trinajstić information content (AvgIpc) is 2.44. The third-order valence-corrected chi connectivity index (χ3v) is 3.92. The Bertz CT molecular complexity index is 908. The van der Waals surface area contributed by atoms with E-state index in [2.05, 4.69) is 25.9 Å². The predicted molar refractivity (Wildman–Crippen MR) is 89.5 cm³/mol. The fourth-order valence-electron chi connectivity index (χ4n) is 2.23. The highest BCUT2D eigenvalue weighted by Crippen LogP contribution is 2.30. The molecule has 0 aliphatic carbocycles. The second-order valence-electron chi connectivity index (χ2n) is 4.74. The summed E-state index contributed by atoms with van der Waals surface area (Å²) in [5.41, 5.74) is 0.651. The van der Waals surface area contributed by atoms with Crippen LogP contribution in [-0.2, 0) is 0 Å². The van der Waals surface area contributed by atoms with Crippen molar-refractivity contribution in [2.75, 3.05) is 11.9 Å². The molecule has 3 aromatic rings. The van der Waals surface area contributed by atoms with E-state index in [0.29, 0.717) is 31.9 Å². The third kappa shape index (κ3) is 2.84. The molecule has 7 heteroatoms. The predicted octanol–water partition coefficient (Wildman–Crippen LogP) is 4.25. The first-order valence-electron chi connectivity index (χ1n) is 6.33. The van der Waals surface area contributed by atoms with Gasteiger partial charge in [0.05, 0.1) is 5.52 Å². The van der Waals surface area contributed by atoms with Crippen LogP contribution in [0.3, 0.4) is 0 Å². The van der Waals surface area contributed by atoms with E-state index >= 15 is 0 Å². The fraction of sp³-hybridized carbons (Fsp3) is 0.0667. The number of hydrogen-bond acceptors (Lipinski definition) is 3. The number of rotatable bonds is 2. The normalized spacial score (nSPS) is 10.9. The molecule has 4 nitrogen and oxygen atoms in total. The second kappa shape index (κ2) is 5.70. The quantitative estimate of drug-likeness (QED) is 0.721. The summed E-state index contributed by atoms with van der Waals surface area (Å²) >= 11 is 9.20. The van der Waals surface area contributed by atoms with Crippen LogP contribution < -0.4 is 10.6 Å². The monoisotopic (exact) mass is 381 g/mol. The standard InChI is InChI=1S/C15H10BrClFN3O/c1-21(11-5-8(16)4-10(18)7-11)14-12-3-2-9(17)6-13(12)19-15(22)20-14/h2-7H,1H3,(H,19,20,22). The zero-order chi connectivity index (χ0) is 15.9. The summed E-state index contributed by atoms with van der Waals surface area (Å²) in [5, 5.41) is 1.23. The van der Waals surface area contributed by atoms with Crippen molar-refractivity contribution in [3.63, 3.8) is 0 Å². The second-order valence-corrected chi connectivity index (χ2v) is 6.09. The Kier molecular flexibility index (Phi) is 3.88. The molecule has 0 aliphatic rings. The number of hydrogen-bond donors (Lipinski definition) is 1. The number of fused-ring (bicyclic) bond motifs is 1. The van der Waals surface area contributed by atoms with E-state index in [1.807, 2.05) is 0 Å². The molecule has 0 unspecified atom stereocenters. The number of nitrogens with one attached hydrogen (secondary N) is 1. The van der Waals surface area contributed by atoms with Gasteiger partial charge in [0, 0.05) is 27.6 Å². The maximum atomic E-state index is 13.6. The van der Waals surface area contributed by atoms with Crippen LogP contribution >= 0.6 is 27.5 Å². The van der Waals surface area contributed by atoms with E-state index in [1.54, 1.807) is 36.2 Å². The van der Waals surface area contributed by atoms with E-state index in [4.69, 9.17) is 11.6 Å². The van der Waals surface area contributed by atoms with Gasteiger partial charge in [-0.2, -0.15) is 4.98 Å². The maximum Gasteiger partial charge on any atom is 0.347 e. The first-order chi connectivity index (χ1) is 10.4. The Hall–Kier alpha value is -1.92. The highest BCUT2D eigenvalue weighted by molar-refractivity contribution is 9.10. The van der Waals surface area contributed by atoms with Gasteiger partial charge < -0.3 is 9.88 Å². The van der Waals surface area contributed by atoms with Crippen LogP contribution in [0.15, 0.2) is 45.7 Å². The third-order valence-electron chi connectivity index (χ3n) is 3.22. The molecular formula is C15H10BrClFN3O. The lowest BCUT2D eigenvalue weighted by Gasteiger charge is -2.20. The minimum atomic E-state index is -0.493. The smallest absolute Gasteiger partial charge is 0.329 e. The Morgan fingerprint density at radius 1 is 1.27 bits per heavy atom. The Morgan fingerprint density at radius 3 is 2.77 bits per heavy atom. The van der Waals surface area contributed by atoms with Crippen LogP contribution in [0.2, 0.25) is 5.02 Å². The molecule has 2 aromatic carbocycles. The molecule has 1 N–H and O–H groups in total. The largest absolute Gasteiger partial charge is 0.347 e. The van der Waals surface area contributed by atoms with Gasteiger partial charge in [0.15, 0.2) is 0 Å². The summed E-state index contributed by atoms with van der Waals surface area (Å²) in [6.45, 7) is 0. The number of aromatic nitrogens is 2. The SMILES string of the molecule is CN(c1cc(F)cc(Br)c1)c1nc(=O)[nH]c2cc(Cl)ccc12.